The van der Waals surface area contributed by atoms with E-state index in [0.717, 1.165) is 0 Å². The zero-order valence-corrected chi connectivity index (χ0v) is 12.8. The van der Waals surface area contributed by atoms with E-state index < -0.39 is 15.8 Å². The zero-order valence-electron chi connectivity index (χ0n) is 11.2. The van der Waals surface area contributed by atoms with Crippen molar-refractivity contribution in [1.29, 1.82) is 0 Å². The summed E-state index contributed by atoms with van der Waals surface area (Å²) < 4.78 is 40.6. The van der Waals surface area contributed by atoms with Gasteiger partial charge in [0.15, 0.2) is 0 Å². The molecule has 0 spiro atoms. The van der Waals surface area contributed by atoms with E-state index >= 15 is 0 Å². The van der Waals surface area contributed by atoms with Crippen LogP contribution in [0.25, 0.3) is 0 Å². The van der Waals surface area contributed by atoms with Crippen molar-refractivity contribution in [2.24, 2.45) is 5.73 Å². The number of anilines is 1. The van der Waals surface area contributed by atoms with Gasteiger partial charge in [-0.25, -0.2) is 12.8 Å². The van der Waals surface area contributed by atoms with Gasteiger partial charge in [0.1, 0.15) is 10.7 Å². The van der Waals surface area contributed by atoms with Crippen LogP contribution in [0.2, 0.25) is 5.02 Å². The highest BCUT2D eigenvalue weighted by Crippen LogP contribution is 2.27. The lowest BCUT2D eigenvalue weighted by Gasteiger charge is -2.13. The molecule has 21 heavy (non-hydrogen) atoms. The van der Waals surface area contributed by atoms with Crippen LogP contribution in [-0.4, -0.2) is 8.42 Å². The Labute approximate surface area is 127 Å². The van der Waals surface area contributed by atoms with Crippen LogP contribution in [0.1, 0.15) is 11.1 Å². The Morgan fingerprint density at radius 1 is 1.29 bits per heavy atom. The highest BCUT2D eigenvalue weighted by molar-refractivity contribution is 7.92. The van der Waals surface area contributed by atoms with Crippen LogP contribution in [0, 0.1) is 12.7 Å². The normalized spacial score (nSPS) is 11.4. The lowest BCUT2D eigenvalue weighted by atomic mass is 10.2. The van der Waals surface area contributed by atoms with E-state index in [9.17, 15) is 12.8 Å². The van der Waals surface area contributed by atoms with Crippen molar-refractivity contribution in [3.8, 4) is 0 Å². The van der Waals surface area contributed by atoms with Crippen LogP contribution < -0.4 is 10.5 Å². The summed E-state index contributed by atoms with van der Waals surface area (Å²) in [5, 5.41) is 0.0412. The van der Waals surface area contributed by atoms with Gasteiger partial charge in [0.05, 0.1) is 10.7 Å². The predicted molar refractivity (Wildman–Crippen MR) is 81.3 cm³/mol. The number of halogens is 2. The zero-order chi connectivity index (χ0) is 15.6. The van der Waals surface area contributed by atoms with Gasteiger partial charge in [0.2, 0.25) is 0 Å². The first kappa shape index (κ1) is 15.8. The summed E-state index contributed by atoms with van der Waals surface area (Å²) in [6.45, 7) is 1.86. The van der Waals surface area contributed by atoms with Gasteiger partial charge in [0, 0.05) is 6.54 Å². The molecule has 0 fully saturated rings. The second-order valence-corrected chi connectivity index (χ2v) is 6.56. The van der Waals surface area contributed by atoms with Crippen molar-refractivity contribution in [3.05, 3.63) is 58.4 Å². The van der Waals surface area contributed by atoms with Gasteiger partial charge in [0.25, 0.3) is 10.0 Å². The fraction of sp³-hybridized carbons (Fsp3) is 0.143. The lowest BCUT2D eigenvalue weighted by Crippen LogP contribution is -2.15. The molecule has 0 unspecified atom stereocenters. The standard InChI is InChI=1S/C14H14ClFN2O2S/c1-9-3-2-4-12(16)14(9)18-21(19,20)13-6-5-10(8-17)7-11(13)15/h2-7,18H,8,17H2,1H3. The maximum Gasteiger partial charge on any atom is 0.263 e. The monoisotopic (exact) mass is 328 g/mol. The number of para-hydroxylation sites is 1. The van der Waals surface area contributed by atoms with Gasteiger partial charge < -0.3 is 5.73 Å². The third-order valence-electron chi connectivity index (χ3n) is 2.98. The first-order valence-electron chi connectivity index (χ1n) is 6.11. The van der Waals surface area contributed by atoms with Gasteiger partial charge in [-0.15, -0.1) is 0 Å². The third kappa shape index (κ3) is 3.34. The van der Waals surface area contributed by atoms with Crippen LogP contribution in [0.3, 0.4) is 0 Å². The van der Waals surface area contributed by atoms with Crippen LogP contribution >= 0.6 is 11.6 Å². The molecule has 0 atom stereocenters. The molecule has 3 N–H and O–H groups in total. The van der Waals surface area contributed by atoms with E-state index in [4.69, 9.17) is 17.3 Å². The smallest absolute Gasteiger partial charge is 0.263 e. The predicted octanol–water partition coefficient (Wildman–Crippen LogP) is 3.05. The minimum absolute atomic E-state index is 0.0412. The van der Waals surface area contributed by atoms with Crippen LogP contribution in [0.4, 0.5) is 10.1 Å². The summed E-state index contributed by atoms with van der Waals surface area (Å²) in [6.07, 6.45) is 0. The summed E-state index contributed by atoms with van der Waals surface area (Å²) in [6, 6.07) is 8.69. The van der Waals surface area contributed by atoms with E-state index in [1.165, 1.54) is 24.3 Å². The highest BCUT2D eigenvalue weighted by Gasteiger charge is 2.20. The largest absolute Gasteiger partial charge is 0.326 e. The van der Waals surface area contributed by atoms with Crippen molar-refractivity contribution in [1.82, 2.24) is 0 Å². The topological polar surface area (TPSA) is 72.2 Å². The summed E-state index contributed by atoms with van der Waals surface area (Å²) in [5.74, 6) is -0.645. The molecule has 0 radical (unpaired) electrons. The molecule has 2 aromatic rings. The van der Waals surface area contributed by atoms with Crippen molar-refractivity contribution >= 4 is 27.3 Å². The molecule has 0 aliphatic heterocycles. The molecular formula is C14H14ClFN2O2S. The molecule has 2 aromatic carbocycles. The summed E-state index contributed by atoms with van der Waals surface area (Å²) in [7, 11) is -3.98. The number of rotatable bonds is 4. The molecule has 0 aromatic heterocycles. The van der Waals surface area contributed by atoms with Crippen molar-refractivity contribution < 1.29 is 12.8 Å². The van der Waals surface area contributed by atoms with Crippen LogP contribution in [0.15, 0.2) is 41.3 Å². The van der Waals surface area contributed by atoms with Crippen molar-refractivity contribution in [3.63, 3.8) is 0 Å². The number of hydrogen-bond acceptors (Lipinski definition) is 3. The molecule has 0 bridgehead atoms. The number of benzene rings is 2. The molecule has 2 rings (SSSR count). The molecule has 0 heterocycles. The molecule has 0 saturated heterocycles. The van der Waals surface area contributed by atoms with Crippen molar-refractivity contribution in [2.75, 3.05) is 4.72 Å². The lowest BCUT2D eigenvalue weighted by molar-refractivity contribution is 0.598. The highest BCUT2D eigenvalue weighted by atomic mass is 35.5. The second kappa shape index (κ2) is 6.01. The molecule has 0 aliphatic carbocycles. The number of nitrogens with two attached hydrogens (primary N) is 1. The van der Waals surface area contributed by atoms with E-state index in [1.807, 2.05) is 0 Å². The third-order valence-corrected chi connectivity index (χ3v) is 4.81. The Bertz CT molecular complexity index is 758. The maximum absolute atomic E-state index is 13.7. The minimum atomic E-state index is -3.98. The number of aryl methyl sites for hydroxylation is 1. The van der Waals surface area contributed by atoms with E-state index in [-0.39, 0.29) is 22.2 Å². The second-order valence-electron chi connectivity index (χ2n) is 4.51. The summed E-state index contributed by atoms with van der Waals surface area (Å²) in [5.41, 5.74) is 6.57. The molecular weight excluding hydrogens is 315 g/mol. The fourth-order valence-corrected chi connectivity index (χ4v) is 3.55. The van der Waals surface area contributed by atoms with Crippen LogP contribution in [0.5, 0.6) is 0 Å². The Kier molecular flexibility index (Phi) is 4.51. The molecule has 112 valence electrons. The molecule has 0 aliphatic rings. The van der Waals surface area contributed by atoms with Crippen molar-refractivity contribution in [2.45, 2.75) is 18.4 Å². The minimum Gasteiger partial charge on any atom is -0.326 e. The fourth-order valence-electron chi connectivity index (χ4n) is 1.84. The number of hydrogen-bond donors (Lipinski definition) is 2. The van der Waals surface area contributed by atoms with Gasteiger partial charge in [-0.2, -0.15) is 0 Å². The number of sulfonamides is 1. The van der Waals surface area contributed by atoms with Gasteiger partial charge in [-0.1, -0.05) is 29.8 Å². The Hall–Kier alpha value is -1.63. The quantitative estimate of drug-likeness (QED) is 0.906. The van der Waals surface area contributed by atoms with E-state index in [1.54, 1.807) is 19.1 Å². The Morgan fingerprint density at radius 3 is 2.57 bits per heavy atom. The summed E-state index contributed by atoms with van der Waals surface area (Å²) >= 11 is 5.97. The maximum atomic E-state index is 13.7. The first-order valence-corrected chi connectivity index (χ1v) is 7.97. The molecule has 0 saturated carbocycles. The van der Waals surface area contributed by atoms with E-state index in [0.29, 0.717) is 11.1 Å². The SMILES string of the molecule is Cc1cccc(F)c1NS(=O)(=O)c1ccc(CN)cc1Cl. The van der Waals surface area contributed by atoms with E-state index in [2.05, 4.69) is 4.72 Å². The Balaban J connectivity index is 2.44. The van der Waals surface area contributed by atoms with Gasteiger partial charge in [-0.3, -0.25) is 4.72 Å². The molecule has 7 heteroatoms. The van der Waals surface area contributed by atoms with Gasteiger partial charge >= 0.3 is 0 Å². The molecule has 0 amide bonds. The molecule has 4 nitrogen and oxygen atoms in total. The average Bonchev–Trinajstić information content (AvgIpc) is 2.42. The first-order chi connectivity index (χ1) is 9.85. The van der Waals surface area contributed by atoms with Gasteiger partial charge in [-0.05, 0) is 36.2 Å². The average molecular weight is 329 g/mol. The Morgan fingerprint density at radius 2 is 2.00 bits per heavy atom. The van der Waals surface area contributed by atoms with Crippen LogP contribution in [-0.2, 0) is 16.6 Å². The summed E-state index contributed by atoms with van der Waals surface area (Å²) in [4.78, 5) is -0.121. The number of nitrogens with one attached hydrogen (secondary N) is 1.